The number of amides is 1. The fraction of sp³-hybridized carbons (Fsp3) is 0.273. The number of halogens is 1. The molecule has 2 aromatic rings. The van der Waals surface area contributed by atoms with Crippen molar-refractivity contribution in [1.29, 1.82) is 0 Å². The molecule has 1 atom stereocenters. The van der Waals surface area contributed by atoms with Gasteiger partial charge in [0.1, 0.15) is 0 Å². The molecule has 1 aromatic heterocycles. The summed E-state index contributed by atoms with van der Waals surface area (Å²) in [5, 5.41) is 7.94. The molecule has 1 N–H and O–H groups in total. The Hall–Kier alpha value is -1.36. The van der Waals surface area contributed by atoms with Crippen LogP contribution < -0.4 is 4.90 Å². The van der Waals surface area contributed by atoms with Crippen molar-refractivity contribution in [1.82, 2.24) is 10.2 Å². The predicted molar refractivity (Wildman–Crippen MR) is 65.8 cm³/mol. The largest absolute Gasteiger partial charge is 0.311 e. The lowest BCUT2D eigenvalue weighted by Gasteiger charge is -2.15. The Morgan fingerprint density at radius 1 is 1.50 bits per heavy atom. The van der Waals surface area contributed by atoms with Gasteiger partial charge < -0.3 is 4.90 Å². The maximum atomic E-state index is 11.7. The van der Waals surface area contributed by atoms with Gasteiger partial charge in [0, 0.05) is 28.9 Å². The lowest BCUT2D eigenvalue weighted by atomic mass is 10.2. The van der Waals surface area contributed by atoms with Gasteiger partial charge in [-0.2, -0.15) is 5.10 Å². The second-order valence-electron chi connectivity index (χ2n) is 3.95. The second kappa shape index (κ2) is 3.59. The van der Waals surface area contributed by atoms with E-state index in [1.807, 2.05) is 18.2 Å². The molecule has 1 aliphatic heterocycles. The van der Waals surface area contributed by atoms with Crippen LogP contribution in [0.25, 0.3) is 10.9 Å². The molecular weight excluding hydrogens is 270 g/mol. The van der Waals surface area contributed by atoms with E-state index in [4.69, 9.17) is 0 Å². The molecule has 1 amide bonds. The van der Waals surface area contributed by atoms with Gasteiger partial charge in [0.15, 0.2) is 0 Å². The van der Waals surface area contributed by atoms with Gasteiger partial charge in [-0.05, 0) is 18.2 Å². The number of carbonyl (C=O) groups is 1. The summed E-state index contributed by atoms with van der Waals surface area (Å²) in [7, 11) is 0. The fourth-order valence-corrected chi connectivity index (χ4v) is 2.57. The van der Waals surface area contributed by atoms with E-state index >= 15 is 0 Å². The monoisotopic (exact) mass is 279 g/mol. The van der Waals surface area contributed by atoms with Gasteiger partial charge in [0.25, 0.3) is 0 Å². The summed E-state index contributed by atoms with van der Waals surface area (Å²) in [6, 6.07) is 5.90. The van der Waals surface area contributed by atoms with Gasteiger partial charge in [-0.1, -0.05) is 15.9 Å². The van der Waals surface area contributed by atoms with Crippen LogP contribution in [-0.2, 0) is 4.79 Å². The summed E-state index contributed by atoms with van der Waals surface area (Å²) in [4.78, 5) is 13.8. The number of nitrogens with one attached hydrogen (secondary N) is 1. The average Bonchev–Trinajstić information content (AvgIpc) is 2.83. The molecular formula is C11H10BrN3O. The smallest absolute Gasteiger partial charge is 0.228 e. The van der Waals surface area contributed by atoms with Crippen molar-refractivity contribution in [2.45, 2.75) is 11.2 Å². The van der Waals surface area contributed by atoms with Crippen LogP contribution in [-0.4, -0.2) is 27.5 Å². The number of anilines is 1. The number of alkyl halides is 1. The predicted octanol–water partition coefficient (Wildman–Crippen LogP) is 2.06. The van der Waals surface area contributed by atoms with Crippen LogP contribution in [0.3, 0.4) is 0 Å². The van der Waals surface area contributed by atoms with Crippen molar-refractivity contribution in [3.05, 3.63) is 24.4 Å². The first kappa shape index (κ1) is 9.84. The Morgan fingerprint density at radius 3 is 3.12 bits per heavy atom. The molecule has 1 aliphatic rings. The number of nitrogens with zero attached hydrogens (tertiary/aromatic N) is 2. The fourth-order valence-electron chi connectivity index (χ4n) is 2.01. The molecule has 0 spiro atoms. The molecule has 1 saturated heterocycles. The minimum Gasteiger partial charge on any atom is -0.311 e. The van der Waals surface area contributed by atoms with Gasteiger partial charge in [0.2, 0.25) is 5.91 Å². The summed E-state index contributed by atoms with van der Waals surface area (Å²) in [5.41, 5.74) is 1.90. The Balaban J connectivity index is 2.02. The maximum absolute atomic E-state index is 11.7. The van der Waals surface area contributed by atoms with Crippen molar-refractivity contribution in [3.63, 3.8) is 0 Å². The zero-order valence-electron chi connectivity index (χ0n) is 8.48. The molecule has 5 heteroatoms. The Morgan fingerprint density at radius 2 is 2.38 bits per heavy atom. The molecule has 4 nitrogen and oxygen atoms in total. The van der Waals surface area contributed by atoms with Crippen LogP contribution in [0.4, 0.5) is 5.69 Å². The van der Waals surface area contributed by atoms with E-state index in [1.165, 1.54) is 0 Å². The van der Waals surface area contributed by atoms with Crippen molar-refractivity contribution in [3.8, 4) is 0 Å². The minimum absolute atomic E-state index is 0.167. The third-order valence-corrected chi connectivity index (χ3v) is 3.43. The van der Waals surface area contributed by atoms with Crippen LogP contribution >= 0.6 is 15.9 Å². The lowest BCUT2D eigenvalue weighted by Crippen LogP contribution is -2.24. The van der Waals surface area contributed by atoms with E-state index in [9.17, 15) is 4.79 Å². The van der Waals surface area contributed by atoms with Crippen LogP contribution in [0, 0.1) is 0 Å². The summed E-state index contributed by atoms with van der Waals surface area (Å²) in [6.07, 6.45) is 2.35. The van der Waals surface area contributed by atoms with E-state index in [0.717, 1.165) is 23.1 Å². The normalized spacial score (nSPS) is 20.9. The third-order valence-electron chi connectivity index (χ3n) is 2.82. The number of H-pyrrole nitrogens is 1. The number of benzene rings is 1. The highest BCUT2D eigenvalue weighted by Crippen LogP contribution is 2.27. The van der Waals surface area contributed by atoms with Crippen molar-refractivity contribution in [2.24, 2.45) is 0 Å². The van der Waals surface area contributed by atoms with Gasteiger partial charge in [-0.3, -0.25) is 9.89 Å². The summed E-state index contributed by atoms with van der Waals surface area (Å²) < 4.78 is 0. The maximum Gasteiger partial charge on any atom is 0.228 e. The summed E-state index contributed by atoms with van der Waals surface area (Å²) >= 11 is 3.48. The molecule has 16 heavy (non-hydrogen) atoms. The number of hydrogen-bond donors (Lipinski definition) is 1. The average molecular weight is 280 g/mol. The first-order valence-corrected chi connectivity index (χ1v) is 6.03. The highest BCUT2D eigenvalue weighted by atomic mass is 79.9. The lowest BCUT2D eigenvalue weighted by molar-refractivity contribution is -0.117. The first-order chi connectivity index (χ1) is 7.74. The topological polar surface area (TPSA) is 49.0 Å². The van der Waals surface area contributed by atoms with Crippen LogP contribution in [0.2, 0.25) is 0 Å². The van der Waals surface area contributed by atoms with Crippen molar-refractivity contribution < 1.29 is 4.79 Å². The minimum atomic E-state index is 0.167. The molecule has 82 valence electrons. The number of hydrogen-bond acceptors (Lipinski definition) is 2. The molecule has 3 rings (SSSR count). The molecule has 0 aliphatic carbocycles. The molecule has 0 saturated carbocycles. The molecule has 0 radical (unpaired) electrons. The van der Waals surface area contributed by atoms with Crippen LogP contribution in [0.15, 0.2) is 24.4 Å². The number of carbonyl (C=O) groups excluding carboxylic acids is 1. The third kappa shape index (κ3) is 1.51. The van der Waals surface area contributed by atoms with Crippen LogP contribution in [0.5, 0.6) is 0 Å². The van der Waals surface area contributed by atoms with Gasteiger partial charge in [-0.25, -0.2) is 0 Å². The Kier molecular flexibility index (Phi) is 2.21. The van der Waals surface area contributed by atoms with E-state index in [0.29, 0.717) is 6.42 Å². The number of aromatic nitrogens is 2. The highest BCUT2D eigenvalue weighted by Gasteiger charge is 2.28. The SMILES string of the molecule is O=C1CC(Br)CN1c1ccc2cn[nH]c2c1. The quantitative estimate of drug-likeness (QED) is 0.813. The van der Waals surface area contributed by atoms with E-state index < -0.39 is 0 Å². The molecule has 0 bridgehead atoms. The molecule has 1 aromatic carbocycles. The van der Waals surface area contributed by atoms with E-state index in [-0.39, 0.29) is 10.7 Å². The van der Waals surface area contributed by atoms with E-state index in [2.05, 4.69) is 26.1 Å². The summed E-state index contributed by atoms with van der Waals surface area (Å²) in [5.74, 6) is 0.167. The highest BCUT2D eigenvalue weighted by molar-refractivity contribution is 9.09. The molecule has 1 unspecified atom stereocenters. The molecule has 2 heterocycles. The zero-order valence-corrected chi connectivity index (χ0v) is 10.1. The van der Waals surface area contributed by atoms with Gasteiger partial charge in [-0.15, -0.1) is 0 Å². The van der Waals surface area contributed by atoms with Crippen molar-refractivity contribution >= 4 is 38.4 Å². The zero-order chi connectivity index (χ0) is 11.1. The Bertz CT molecular complexity index is 551. The van der Waals surface area contributed by atoms with Crippen LogP contribution in [0.1, 0.15) is 6.42 Å². The van der Waals surface area contributed by atoms with Gasteiger partial charge >= 0.3 is 0 Å². The van der Waals surface area contributed by atoms with Crippen molar-refractivity contribution in [2.75, 3.05) is 11.4 Å². The van der Waals surface area contributed by atoms with E-state index in [1.54, 1.807) is 11.1 Å². The van der Waals surface area contributed by atoms with Gasteiger partial charge in [0.05, 0.1) is 11.7 Å². The molecule has 1 fully saturated rings. The second-order valence-corrected chi connectivity index (χ2v) is 5.24. The Labute approximate surface area is 101 Å². The first-order valence-electron chi connectivity index (χ1n) is 5.11. The number of rotatable bonds is 1. The standard InChI is InChI=1S/C11H10BrN3O/c12-8-3-11(16)15(6-8)9-2-1-7-5-13-14-10(7)4-9/h1-2,4-5,8H,3,6H2,(H,13,14). The number of aromatic amines is 1. The number of fused-ring (bicyclic) bond motifs is 1. The summed E-state index contributed by atoms with van der Waals surface area (Å²) in [6.45, 7) is 0.735.